The third-order valence-corrected chi connectivity index (χ3v) is 2.19. The van der Waals surface area contributed by atoms with E-state index in [2.05, 4.69) is 25.6 Å². The molecule has 0 aromatic carbocycles. The van der Waals surface area contributed by atoms with Crippen molar-refractivity contribution in [1.82, 2.24) is 15.0 Å². The Hall–Kier alpha value is -1.63. The lowest BCUT2D eigenvalue weighted by atomic mass is 10.4. The molecule has 1 rings (SSSR count). The van der Waals surface area contributed by atoms with Gasteiger partial charge in [0.15, 0.2) is 0 Å². The van der Waals surface area contributed by atoms with Crippen LogP contribution in [0.15, 0.2) is 0 Å². The summed E-state index contributed by atoms with van der Waals surface area (Å²) in [6, 6.07) is 0.145. The Morgan fingerprint density at radius 3 is 2.44 bits per heavy atom. The van der Waals surface area contributed by atoms with Crippen molar-refractivity contribution in [3.8, 4) is 0 Å². The quantitative estimate of drug-likeness (QED) is 0.746. The van der Waals surface area contributed by atoms with Gasteiger partial charge >= 0.3 is 0 Å². The first-order valence-electron chi connectivity index (χ1n) is 6.02. The molecule has 0 saturated carbocycles. The van der Waals surface area contributed by atoms with E-state index >= 15 is 0 Å². The minimum atomic E-state index is 0.145. The van der Waals surface area contributed by atoms with E-state index in [4.69, 9.17) is 4.74 Å². The van der Waals surface area contributed by atoms with Crippen LogP contribution in [0.4, 0.5) is 17.8 Å². The standard InChI is InChI=1S/C11H22N6O/c1-6-18-7-8(2)13-10-14-9(12-3)15-11(16-10)17(4)5/h8H,6-7H2,1-5H3,(H2,12,13,14,15,16). The molecular weight excluding hydrogens is 232 g/mol. The second kappa shape index (κ2) is 6.95. The van der Waals surface area contributed by atoms with Gasteiger partial charge in [-0.15, -0.1) is 0 Å². The molecule has 1 atom stereocenters. The largest absolute Gasteiger partial charge is 0.380 e. The van der Waals surface area contributed by atoms with Gasteiger partial charge in [0.1, 0.15) is 0 Å². The average Bonchev–Trinajstić information content (AvgIpc) is 2.35. The van der Waals surface area contributed by atoms with Gasteiger partial charge in [0.2, 0.25) is 17.8 Å². The van der Waals surface area contributed by atoms with E-state index in [0.717, 1.165) is 0 Å². The molecule has 1 unspecified atom stereocenters. The highest BCUT2D eigenvalue weighted by atomic mass is 16.5. The van der Waals surface area contributed by atoms with Crippen LogP contribution in [0.25, 0.3) is 0 Å². The zero-order chi connectivity index (χ0) is 13.5. The van der Waals surface area contributed by atoms with Crippen molar-refractivity contribution in [3.63, 3.8) is 0 Å². The normalized spacial score (nSPS) is 12.1. The Morgan fingerprint density at radius 2 is 1.89 bits per heavy atom. The number of hydrogen-bond donors (Lipinski definition) is 2. The van der Waals surface area contributed by atoms with Gasteiger partial charge in [-0.2, -0.15) is 15.0 Å². The number of aromatic nitrogens is 3. The minimum Gasteiger partial charge on any atom is -0.380 e. The van der Waals surface area contributed by atoms with Gasteiger partial charge < -0.3 is 20.3 Å². The third-order valence-electron chi connectivity index (χ3n) is 2.19. The maximum absolute atomic E-state index is 5.34. The first-order valence-corrected chi connectivity index (χ1v) is 6.02. The summed E-state index contributed by atoms with van der Waals surface area (Å²) < 4.78 is 5.34. The van der Waals surface area contributed by atoms with Gasteiger partial charge in [-0.3, -0.25) is 0 Å². The molecule has 1 aromatic heterocycles. The maximum Gasteiger partial charge on any atom is 0.231 e. The molecule has 7 nitrogen and oxygen atoms in total. The summed E-state index contributed by atoms with van der Waals surface area (Å²) in [7, 11) is 5.56. The molecule has 102 valence electrons. The van der Waals surface area contributed by atoms with Crippen LogP contribution in [0.5, 0.6) is 0 Å². The summed E-state index contributed by atoms with van der Waals surface area (Å²) >= 11 is 0. The molecule has 0 amide bonds. The Bertz CT molecular complexity index is 371. The molecule has 0 fully saturated rings. The van der Waals surface area contributed by atoms with Gasteiger partial charge in [-0.25, -0.2) is 0 Å². The van der Waals surface area contributed by atoms with E-state index in [9.17, 15) is 0 Å². The molecule has 18 heavy (non-hydrogen) atoms. The first-order chi connectivity index (χ1) is 8.56. The lowest BCUT2D eigenvalue weighted by Gasteiger charge is -2.16. The van der Waals surface area contributed by atoms with E-state index in [1.807, 2.05) is 32.8 Å². The smallest absolute Gasteiger partial charge is 0.231 e. The Kier molecular flexibility index (Phi) is 5.57. The summed E-state index contributed by atoms with van der Waals surface area (Å²) in [4.78, 5) is 14.7. The van der Waals surface area contributed by atoms with Crippen molar-refractivity contribution in [2.24, 2.45) is 0 Å². The van der Waals surface area contributed by atoms with Crippen LogP contribution in [0.3, 0.4) is 0 Å². The van der Waals surface area contributed by atoms with Gasteiger partial charge in [-0.1, -0.05) is 0 Å². The zero-order valence-electron chi connectivity index (χ0n) is 11.7. The molecule has 0 aliphatic heterocycles. The van der Waals surface area contributed by atoms with Crippen molar-refractivity contribution < 1.29 is 4.74 Å². The second-order valence-corrected chi connectivity index (χ2v) is 4.13. The van der Waals surface area contributed by atoms with Gasteiger partial charge in [0, 0.05) is 33.8 Å². The van der Waals surface area contributed by atoms with Crippen LogP contribution in [0, 0.1) is 0 Å². The number of nitrogens with zero attached hydrogens (tertiary/aromatic N) is 4. The number of nitrogens with one attached hydrogen (secondary N) is 2. The lowest BCUT2D eigenvalue weighted by molar-refractivity contribution is 0.141. The molecule has 0 spiro atoms. The van der Waals surface area contributed by atoms with E-state index < -0.39 is 0 Å². The van der Waals surface area contributed by atoms with E-state index in [1.165, 1.54) is 0 Å². The molecular formula is C11H22N6O. The van der Waals surface area contributed by atoms with E-state index in [-0.39, 0.29) is 6.04 Å². The van der Waals surface area contributed by atoms with Gasteiger partial charge in [0.05, 0.1) is 6.61 Å². The lowest BCUT2D eigenvalue weighted by Crippen LogP contribution is -2.24. The maximum atomic E-state index is 5.34. The fourth-order valence-electron chi connectivity index (χ4n) is 1.30. The first kappa shape index (κ1) is 14.4. The van der Waals surface area contributed by atoms with Crippen LogP contribution in [-0.2, 0) is 4.74 Å². The Balaban J connectivity index is 2.77. The molecule has 0 aliphatic carbocycles. The van der Waals surface area contributed by atoms with Gasteiger partial charge in [-0.05, 0) is 13.8 Å². The molecule has 1 heterocycles. The van der Waals surface area contributed by atoms with E-state index in [1.54, 1.807) is 7.05 Å². The molecule has 2 N–H and O–H groups in total. The monoisotopic (exact) mass is 254 g/mol. The second-order valence-electron chi connectivity index (χ2n) is 4.13. The van der Waals surface area contributed by atoms with Gasteiger partial charge in [0.25, 0.3) is 0 Å². The molecule has 7 heteroatoms. The van der Waals surface area contributed by atoms with Crippen molar-refractivity contribution in [1.29, 1.82) is 0 Å². The van der Waals surface area contributed by atoms with Crippen molar-refractivity contribution in [3.05, 3.63) is 0 Å². The molecule has 0 saturated heterocycles. The fourth-order valence-corrected chi connectivity index (χ4v) is 1.30. The van der Waals surface area contributed by atoms with E-state index in [0.29, 0.717) is 31.1 Å². The highest BCUT2D eigenvalue weighted by Gasteiger charge is 2.09. The van der Waals surface area contributed by atoms with Crippen LogP contribution in [0.1, 0.15) is 13.8 Å². The summed E-state index contributed by atoms with van der Waals surface area (Å²) in [6.07, 6.45) is 0. The number of anilines is 3. The molecule has 0 bridgehead atoms. The summed E-state index contributed by atoms with van der Waals surface area (Å²) in [5.74, 6) is 1.70. The zero-order valence-corrected chi connectivity index (χ0v) is 11.7. The number of rotatable bonds is 7. The molecule has 0 radical (unpaired) electrons. The minimum absolute atomic E-state index is 0.145. The SMILES string of the molecule is CCOCC(C)Nc1nc(NC)nc(N(C)C)n1. The third kappa shape index (κ3) is 4.33. The number of hydrogen-bond acceptors (Lipinski definition) is 7. The number of ether oxygens (including phenoxy) is 1. The van der Waals surface area contributed by atoms with Crippen molar-refractivity contribution in [2.45, 2.75) is 19.9 Å². The average molecular weight is 254 g/mol. The highest BCUT2D eigenvalue weighted by Crippen LogP contribution is 2.11. The topological polar surface area (TPSA) is 75.2 Å². The van der Waals surface area contributed by atoms with Crippen molar-refractivity contribution in [2.75, 3.05) is 49.9 Å². The fraction of sp³-hybridized carbons (Fsp3) is 0.727. The predicted molar refractivity (Wildman–Crippen MR) is 73.3 cm³/mol. The Morgan fingerprint density at radius 1 is 1.22 bits per heavy atom. The predicted octanol–water partition coefficient (Wildman–Crippen LogP) is 0.816. The summed E-state index contributed by atoms with van der Waals surface area (Å²) in [5, 5.41) is 6.11. The summed E-state index contributed by atoms with van der Waals surface area (Å²) in [6.45, 7) is 5.31. The van der Waals surface area contributed by atoms with Crippen LogP contribution < -0.4 is 15.5 Å². The van der Waals surface area contributed by atoms with Crippen LogP contribution in [-0.4, -0.2) is 55.4 Å². The highest BCUT2D eigenvalue weighted by molar-refractivity contribution is 5.42. The summed E-state index contributed by atoms with van der Waals surface area (Å²) in [5.41, 5.74) is 0. The Labute approximate surface area is 108 Å². The van der Waals surface area contributed by atoms with Crippen molar-refractivity contribution >= 4 is 17.8 Å². The molecule has 1 aromatic rings. The van der Waals surface area contributed by atoms with Crippen LogP contribution >= 0.6 is 0 Å². The van der Waals surface area contributed by atoms with Crippen LogP contribution in [0.2, 0.25) is 0 Å². The molecule has 0 aliphatic rings.